The zero-order chi connectivity index (χ0) is 20.2. The highest BCUT2D eigenvalue weighted by molar-refractivity contribution is 6.05. The van der Waals surface area contributed by atoms with Gasteiger partial charge >= 0.3 is 0 Å². The van der Waals surface area contributed by atoms with Gasteiger partial charge in [0.15, 0.2) is 5.76 Å². The molecule has 1 aliphatic heterocycles. The molecule has 7 nitrogen and oxygen atoms in total. The Morgan fingerprint density at radius 3 is 2.34 bits per heavy atom. The molecule has 29 heavy (non-hydrogen) atoms. The van der Waals surface area contributed by atoms with E-state index in [4.69, 9.17) is 4.42 Å². The van der Waals surface area contributed by atoms with Gasteiger partial charge in [0.1, 0.15) is 5.82 Å². The molecular formula is C22H22N4O3. The molecule has 1 fully saturated rings. The van der Waals surface area contributed by atoms with Crippen LogP contribution in [0.4, 0.5) is 11.5 Å². The van der Waals surface area contributed by atoms with Crippen molar-refractivity contribution in [1.82, 2.24) is 9.88 Å². The van der Waals surface area contributed by atoms with Crippen LogP contribution in [0.1, 0.15) is 20.9 Å². The van der Waals surface area contributed by atoms with Gasteiger partial charge in [-0.3, -0.25) is 9.59 Å². The van der Waals surface area contributed by atoms with Gasteiger partial charge in [-0.15, -0.1) is 0 Å². The lowest BCUT2D eigenvalue weighted by Gasteiger charge is -2.35. The number of nitrogens with zero attached hydrogens (tertiary/aromatic N) is 4. The van der Waals surface area contributed by atoms with E-state index in [0.29, 0.717) is 37.5 Å². The molecule has 2 aromatic heterocycles. The molecule has 0 radical (unpaired) electrons. The van der Waals surface area contributed by atoms with Crippen LogP contribution in [0.3, 0.4) is 0 Å². The van der Waals surface area contributed by atoms with Crippen molar-refractivity contribution >= 4 is 23.3 Å². The zero-order valence-electron chi connectivity index (χ0n) is 16.2. The summed E-state index contributed by atoms with van der Waals surface area (Å²) in [6.45, 7) is 2.55. The number of pyridine rings is 1. The van der Waals surface area contributed by atoms with Gasteiger partial charge in [0.25, 0.3) is 11.8 Å². The van der Waals surface area contributed by atoms with Gasteiger partial charge in [0.05, 0.1) is 11.8 Å². The van der Waals surface area contributed by atoms with Crippen LogP contribution < -0.4 is 9.80 Å². The molecule has 0 bridgehead atoms. The smallest absolute Gasteiger partial charge is 0.289 e. The summed E-state index contributed by atoms with van der Waals surface area (Å²) in [5.74, 6) is 0.965. The third-order valence-electron chi connectivity index (χ3n) is 5.07. The van der Waals surface area contributed by atoms with E-state index in [9.17, 15) is 9.59 Å². The predicted octanol–water partition coefficient (Wildman–Crippen LogP) is 2.91. The van der Waals surface area contributed by atoms with Crippen LogP contribution in [0.5, 0.6) is 0 Å². The maximum atomic E-state index is 12.7. The summed E-state index contributed by atoms with van der Waals surface area (Å²) >= 11 is 0. The normalized spacial score (nSPS) is 14.0. The Morgan fingerprint density at radius 1 is 0.966 bits per heavy atom. The van der Waals surface area contributed by atoms with Crippen LogP contribution in [0.25, 0.3) is 0 Å². The number of rotatable bonds is 4. The van der Waals surface area contributed by atoms with Gasteiger partial charge in [-0.1, -0.05) is 18.2 Å². The number of amides is 2. The second-order valence-electron chi connectivity index (χ2n) is 6.86. The van der Waals surface area contributed by atoms with Crippen LogP contribution in [0, 0.1) is 0 Å². The Balaban J connectivity index is 1.37. The zero-order valence-corrected chi connectivity index (χ0v) is 16.2. The molecule has 1 aliphatic rings. The Bertz CT molecular complexity index is 963. The van der Waals surface area contributed by atoms with Crippen LogP contribution in [0.2, 0.25) is 0 Å². The first-order chi connectivity index (χ1) is 14.1. The first-order valence-corrected chi connectivity index (χ1v) is 9.50. The number of piperazine rings is 1. The van der Waals surface area contributed by atoms with E-state index in [0.717, 1.165) is 11.5 Å². The summed E-state index contributed by atoms with van der Waals surface area (Å²) in [6, 6.07) is 16.5. The average Bonchev–Trinajstić information content (AvgIpc) is 3.33. The summed E-state index contributed by atoms with van der Waals surface area (Å²) in [6.07, 6.45) is 3.11. The highest BCUT2D eigenvalue weighted by atomic mass is 16.3. The van der Waals surface area contributed by atoms with Crippen LogP contribution in [0.15, 0.2) is 71.5 Å². The molecule has 0 aliphatic carbocycles. The Labute approximate surface area is 169 Å². The number of aromatic nitrogens is 1. The van der Waals surface area contributed by atoms with Gasteiger partial charge in [-0.2, -0.15) is 0 Å². The van der Waals surface area contributed by atoms with Crippen molar-refractivity contribution in [1.29, 1.82) is 0 Å². The van der Waals surface area contributed by atoms with Gasteiger partial charge < -0.3 is 19.1 Å². The second kappa shape index (κ2) is 8.18. The Morgan fingerprint density at radius 2 is 1.72 bits per heavy atom. The third-order valence-corrected chi connectivity index (χ3v) is 5.07. The minimum absolute atomic E-state index is 0.0903. The maximum absolute atomic E-state index is 12.7. The number of benzene rings is 1. The minimum Gasteiger partial charge on any atom is -0.459 e. The van der Waals surface area contributed by atoms with Crippen LogP contribution in [-0.2, 0) is 0 Å². The fourth-order valence-electron chi connectivity index (χ4n) is 3.36. The number of hydrogen-bond acceptors (Lipinski definition) is 5. The largest absolute Gasteiger partial charge is 0.459 e. The molecule has 1 aromatic carbocycles. The van der Waals surface area contributed by atoms with Gasteiger partial charge in [-0.05, 0) is 36.4 Å². The van der Waals surface area contributed by atoms with Crippen molar-refractivity contribution in [3.8, 4) is 0 Å². The summed E-state index contributed by atoms with van der Waals surface area (Å²) in [7, 11) is 1.75. The number of hydrogen-bond donors (Lipinski definition) is 0. The fourth-order valence-corrected chi connectivity index (χ4v) is 3.36. The number of furan rings is 1. The lowest BCUT2D eigenvalue weighted by atomic mass is 10.2. The monoisotopic (exact) mass is 390 g/mol. The molecule has 0 saturated carbocycles. The summed E-state index contributed by atoms with van der Waals surface area (Å²) in [5, 5.41) is 0. The van der Waals surface area contributed by atoms with Crippen LogP contribution in [-0.4, -0.2) is 54.9 Å². The first-order valence-electron chi connectivity index (χ1n) is 9.50. The van der Waals surface area contributed by atoms with Crippen molar-refractivity contribution in [2.75, 3.05) is 43.0 Å². The molecule has 1 saturated heterocycles. The minimum atomic E-state index is -0.107. The summed E-state index contributed by atoms with van der Waals surface area (Å²) < 4.78 is 5.19. The maximum Gasteiger partial charge on any atom is 0.289 e. The molecule has 148 valence electrons. The van der Waals surface area contributed by atoms with Crippen molar-refractivity contribution in [2.24, 2.45) is 0 Å². The number of carbonyl (C=O) groups is 2. The van der Waals surface area contributed by atoms with Crippen molar-refractivity contribution in [3.05, 3.63) is 78.4 Å². The molecule has 2 amide bonds. The Hall–Kier alpha value is -3.61. The quantitative estimate of drug-likeness (QED) is 0.685. The Kier molecular flexibility index (Phi) is 5.29. The number of para-hydroxylation sites is 1. The molecule has 3 aromatic rings. The van der Waals surface area contributed by atoms with Crippen LogP contribution >= 0.6 is 0 Å². The van der Waals surface area contributed by atoms with Crippen molar-refractivity contribution < 1.29 is 14.0 Å². The topological polar surface area (TPSA) is 69.9 Å². The molecule has 7 heteroatoms. The van der Waals surface area contributed by atoms with Gasteiger partial charge in [0, 0.05) is 45.1 Å². The SMILES string of the molecule is CN(C(=O)c1ccc(N2CCN(C(=O)c3ccco3)CC2)nc1)c1ccccc1. The summed E-state index contributed by atoms with van der Waals surface area (Å²) in [5.41, 5.74) is 1.37. The average molecular weight is 390 g/mol. The number of carbonyl (C=O) groups excluding carboxylic acids is 2. The van der Waals surface area contributed by atoms with E-state index >= 15 is 0 Å². The highest BCUT2D eigenvalue weighted by Gasteiger charge is 2.24. The summed E-state index contributed by atoms with van der Waals surface area (Å²) in [4.78, 5) is 35.0. The molecule has 0 spiro atoms. The molecule has 0 N–H and O–H groups in total. The third kappa shape index (κ3) is 3.99. The van der Waals surface area contributed by atoms with Crippen molar-refractivity contribution in [3.63, 3.8) is 0 Å². The molecule has 0 unspecified atom stereocenters. The molecular weight excluding hydrogens is 368 g/mol. The second-order valence-corrected chi connectivity index (χ2v) is 6.86. The van der Waals surface area contributed by atoms with Gasteiger partial charge in [0.2, 0.25) is 0 Å². The molecule has 0 atom stereocenters. The van der Waals surface area contributed by atoms with E-state index in [2.05, 4.69) is 9.88 Å². The van der Waals surface area contributed by atoms with E-state index < -0.39 is 0 Å². The molecule has 4 rings (SSSR count). The van der Waals surface area contributed by atoms with Crippen molar-refractivity contribution in [2.45, 2.75) is 0 Å². The fraction of sp³-hybridized carbons (Fsp3) is 0.227. The van der Waals surface area contributed by atoms with E-state index in [1.807, 2.05) is 36.4 Å². The van der Waals surface area contributed by atoms with E-state index in [-0.39, 0.29) is 11.8 Å². The first kappa shape index (κ1) is 18.7. The molecule has 3 heterocycles. The van der Waals surface area contributed by atoms with E-state index in [1.54, 1.807) is 41.2 Å². The van der Waals surface area contributed by atoms with Gasteiger partial charge in [-0.25, -0.2) is 4.98 Å². The predicted molar refractivity (Wildman–Crippen MR) is 110 cm³/mol. The lowest BCUT2D eigenvalue weighted by Crippen LogP contribution is -2.49. The lowest BCUT2D eigenvalue weighted by molar-refractivity contribution is 0.0714. The highest BCUT2D eigenvalue weighted by Crippen LogP contribution is 2.18. The standard InChI is InChI=1S/C22H22N4O3/c1-24(18-6-3-2-4-7-18)21(27)17-9-10-20(23-16-17)25-11-13-26(14-12-25)22(28)19-8-5-15-29-19/h2-10,15-16H,11-14H2,1H3. The number of anilines is 2. The van der Waals surface area contributed by atoms with E-state index in [1.165, 1.54) is 6.26 Å².